The van der Waals surface area contributed by atoms with Crippen LogP contribution < -0.4 is 4.65 Å². The molecule has 0 aliphatic heterocycles. The van der Waals surface area contributed by atoms with E-state index >= 15 is 0 Å². The third-order valence-electron chi connectivity index (χ3n) is 4.50. The predicted molar refractivity (Wildman–Crippen MR) is 118 cm³/mol. The second kappa shape index (κ2) is 8.93. The molecule has 0 aliphatic carbocycles. The summed E-state index contributed by atoms with van der Waals surface area (Å²) in [6.45, 7) is 13.2. The van der Waals surface area contributed by atoms with Crippen LogP contribution in [0.3, 0.4) is 0 Å². The maximum absolute atomic E-state index is 6.12. The average Bonchev–Trinajstić information content (AvgIpc) is 2.63. The summed E-state index contributed by atoms with van der Waals surface area (Å²) in [5, 5.41) is 0. The zero-order valence-corrected chi connectivity index (χ0v) is 18.4. The van der Waals surface area contributed by atoms with E-state index in [9.17, 15) is 0 Å². The van der Waals surface area contributed by atoms with E-state index in [1.807, 2.05) is 36.5 Å². The quantitative estimate of drug-likeness (QED) is 0.477. The first kappa shape index (κ1) is 22.2. The Morgan fingerprint density at radius 2 is 1.46 bits per heavy atom. The molecule has 4 nitrogen and oxygen atoms in total. The summed E-state index contributed by atoms with van der Waals surface area (Å²) in [5.41, 5.74) is 3.98. The van der Waals surface area contributed by atoms with Crippen molar-refractivity contribution >= 4 is 19.2 Å². The minimum absolute atomic E-state index is 0.00419. The fraction of sp³-hybridized carbons (Fsp3) is 0.435. The number of hydrogen-bond donors (Lipinski definition) is 0. The molecule has 0 spiro atoms. The van der Waals surface area contributed by atoms with Gasteiger partial charge in [0.25, 0.3) is 0 Å². The average molecular weight is 381 g/mol. The summed E-state index contributed by atoms with van der Waals surface area (Å²) in [7, 11) is 2.34. The van der Waals surface area contributed by atoms with E-state index in [0.717, 1.165) is 22.6 Å². The molecule has 5 heteroatoms. The lowest BCUT2D eigenvalue weighted by Crippen LogP contribution is -2.30. The van der Waals surface area contributed by atoms with Gasteiger partial charge in [0.05, 0.1) is 5.69 Å². The number of aliphatic imine (C=N–C) groups is 1. The van der Waals surface area contributed by atoms with Gasteiger partial charge in [-0.15, -0.1) is 0 Å². The fourth-order valence-electron chi connectivity index (χ4n) is 2.82. The summed E-state index contributed by atoms with van der Waals surface area (Å²) in [6, 6.07) is 14.2. The molecule has 0 aliphatic rings. The summed E-state index contributed by atoms with van der Waals surface area (Å²) >= 11 is 0. The largest absolute Gasteiger partial charge is 0.712 e. The van der Waals surface area contributed by atoms with Crippen LogP contribution in [0.2, 0.25) is 0 Å². The lowest BCUT2D eigenvalue weighted by molar-refractivity contribution is 0.200. The molecule has 0 saturated heterocycles. The van der Waals surface area contributed by atoms with Crippen molar-refractivity contribution in [3.8, 4) is 5.75 Å². The monoisotopic (exact) mass is 381 g/mol. The molecule has 0 N–H and O–H groups in total. The third-order valence-corrected chi connectivity index (χ3v) is 4.50. The molecular formula is C23H32BNO3. The van der Waals surface area contributed by atoms with Crippen molar-refractivity contribution < 1.29 is 14.0 Å². The van der Waals surface area contributed by atoms with Gasteiger partial charge < -0.3 is 14.0 Å². The molecule has 28 heavy (non-hydrogen) atoms. The summed E-state index contributed by atoms with van der Waals surface area (Å²) in [6.07, 6.45) is 1.86. The SMILES string of the molecule is COB(OC)Oc1c(C=Nc2ccccc2)cc(C(C)(C)C)cc1C(C)(C)C. The second-order valence-corrected chi connectivity index (χ2v) is 8.91. The second-order valence-electron chi connectivity index (χ2n) is 8.91. The minimum Gasteiger partial charge on any atom is -0.511 e. The van der Waals surface area contributed by atoms with E-state index in [4.69, 9.17) is 14.0 Å². The van der Waals surface area contributed by atoms with Crippen molar-refractivity contribution in [3.05, 3.63) is 59.2 Å². The lowest BCUT2D eigenvalue weighted by Gasteiger charge is -2.29. The summed E-state index contributed by atoms with van der Waals surface area (Å²) in [5.74, 6) is 0.730. The Morgan fingerprint density at radius 3 is 1.96 bits per heavy atom. The highest BCUT2D eigenvalue weighted by molar-refractivity contribution is 6.37. The predicted octanol–water partition coefficient (Wildman–Crippen LogP) is 5.69. The number of nitrogens with zero attached hydrogens (tertiary/aromatic N) is 1. The van der Waals surface area contributed by atoms with E-state index in [1.54, 1.807) is 14.2 Å². The van der Waals surface area contributed by atoms with Gasteiger partial charge in [-0.2, -0.15) is 0 Å². The van der Waals surface area contributed by atoms with Crippen molar-refractivity contribution in [1.82, 2.24) is 0 Å². The van der Waals surface area contributed by atoms with E-state index in [-0.39, 0.29) is 10.8 Å². The van der Waals surface area contributed by atoms with Crippen molar-refractivity contribution in [3.63, 3.8) is 0 Å². The topological polar surface area (TPSA) is 40.0 Å². The Kier molecular flexibility index (Phi) is 7.08. The molecule has 0 aromatic heterocycles. The summed E-state index contributed by atoms with van der Waals surface area (Å²) in [4.78, 5) is 4.66. The summed E-state index contributed by atoms with van der Waals surface area (Å²) < 4.78 is 16.7. The zero-order chi connectivity index (χ0) is 20.9. The number of rotatable bonds is 6. The van der Waals surface area contributed by atoms with E-state index in [0.29, 0.717) is 0 Å². The van der Waals surface area contributed by atoms with Gasteiger partial charge >= 0.3 is 7.32 Å². The molecule has 2 aromatic carbocycles. The van der Waals surface area contributed by atoms with Crippen molar-refractivity contribution in [2.45, 2.75) is 52.4 Å². The molecular weight excluding hydrogens is 349 g/mol. The Hall–Kier alpha value is -2.11. The van der Waals surface area contributed by atoms with Gasteiger partial charge in [0.2, 0.25) is 0 Å². The standard InChI is InChI=1S/C23H32BNO3/c1-22(2,3)18-14-17(16-25-19-12-10-9-11-13-19)21(28-24(26-7)27-8)20(15-18)23(4,5)6/h9-16H,1-8H3. The van der Waals surface area contributed by atoms with Crippen LogP contribution in [-0.2, 0) is 20.1 Å². The number of benzene rings is 2. The van der Waals surface area contributed by atoms with Crippen LogP contribution in [-0.4, -0.2) is 27.8 Å². The molecule has 0 bridgehead atoms. The normalized spacial score (nSPS) is 12.4. The van der Waals surface area contributed by atoms with Crippen LogP contribution in [0.25, 0.3) is 0 Å². The lowest BCUT2D eigenvalue weighted by atomic mass is 9.79. The molecule has 0 unspecified atom stereocenters. The van der Waals surface area contributed by atoms with Crippen LogP contribution in [0.5, 0.6) is 5.75 Å². The highest BCUT2D eigenvalue weighted by Crippen LogP contribution is 2.38. The van der Waals surface area contributed by atoms with Crippen LogP contribution in [0, 0.1) is 0 Å². The first-order valence-electron chi connectivity index (χ1n) is 9.56. The zero-order valence-electron chi connectivity index (χ0n) is 18.4. The van der Waals surface area contributed by atoms with E-state index < -0.39 is 7.32 Å². The Labute approximate surface area is 170 Å². The molecule has 0 saturated carbocycles. The third kappa shape index (κ3) is 5.70. The molecule has 0 heterocycles. The highest BCUT2D eigenvalue weighted by atomic mass is 16.7. The molecule has 0 amide bonds. The van der Waals surface area contributed by atoms with Gasteiger partial charge in [-0.25, -0.2) is 0 Å². The van der Waals surface area contributed by atoms with Crippen molar-refractivity contribution in [2.24, 2.45) is 4.99 Å². The van der Waals surface area contributed by atoms with Crippen LogP contribution in [0.4, 0.5) is 5.69 Å². The van der Waals surface area contributed by atoms with Crippen LogP contribution >= 0.6 is 0 Å². The highest BCUT2D eigenvalue weighted by Gasteiger charge is 2.29. The van der Waals surface area contributed by atoms with Gasteiger partial charge in [-0.1, -0.05) is 65.8 Å². The van der Waals surface area contributed by atoms with E-state index in [2.05, 4.69) is 58.7 Å². The Morgan fingerprint density at radius 1 is 0.857 bits per heavy atom. The number of para-hydroxylation sites is 1. The van der Waals surface area contributed by atoms with Crippen molar-refractivity contribution in [1.29, 1.82) is 0 Å². The molecule has 0 atom stereocenters. The first-order valence-corrected chi connectivity index (χ1v) is 9.56. The number of hydrogen-bond acceptors (Lipinski definition) is 4. The first-order chi connectivity index (χ1) is 13.1. The van der Waals surface area contributed by atoms with Gasteiger partial charge in [0.1, 0.15) is 5.75 Å². The molecule has 2 rings (SSSR count). The Bertz CT molecular complexity index is 801. The van der Waals surface area contributed by atoms with Gasteiger partial charge in [-0.3, -0.25) is 4.99 Å². The van der Waals surface area contributed by atoms with E-state index in [1.165, 1.54) is 5.56 Å². The maximum Gasteiger partial charge on any atom is 0.712 e. The van der Waals surface area contributed by atoms with Crippen molar-refractivity contribution in [2.75, 3.05) is 14.2 Å². The van der Waals surface area contributed by atoms with Crippen LogP contribution in [0.15, 0.2) is 47.5 Å². The molecule has 0 radical (unpaired) electrons. The Balaban J connectivity index is 2.67. The van der Waals surface area contributed by atoms with Gasteiger partial charge in [-0.05, 0) is 40.2 Å². The van der Waals surface area contributed by atoms with Gasteiger partial charge in [0, 0.05) is 26.0 Å². The maximum atomic E-state index is 6.12. The van der Waals surface area contributed by atoms with Crippen LogP contribution in [0.1, 0.15) is 58.2 Å². The van der Waals surface area contributed by atoms with Gasteiger partial charge in [0.15, 0.2) is 0 Å². The fourth-order valence-corrected chi connectivity index (χ4v) is 2.82. The minimum atomic E-state index is -0.787. The smallest absolute Gasteiger partial charge is 0.511 e. The molecule has 0 fully saturated rings. The molecule has 2 aromatic rings. The molecule has 150 valence electrons.